The minimum Gasteiger partial charge on any atom is -0.439 e. The van der Waals surface area contributed by atoms with E-state index >= 15 is 0 Å². The van der Waals surface area contributed by atoms with E-state index < -0.39 is 18.2 Å². The normalized spacial score (nSPS) is 23.3. The first-order chi connectivity index (χ1) is 8.26. The van der Waals surface area contributed by atoms with E-state index in [1.807, 2.05) is 30.3 Å². The highest BCUT2D eigenvalue weighted by Gasteiger charge is 2.39. The molecular weight excluding hydrogens is 218 g/mol. The summed E-state index contributed by atoms with van der Waals surface area (Å²) in [5, 5.41) is 0. The Kier molecular flexibility index (Phi) is 3.23. The Bertz CT molecular complexity index is 430. The largest absolute Gasteiger partial charge is 0.439 e. The van der Waals surface area contributed by atoms with E-state index in [-0.39, 0.29) is 0 Å². The van der Waals surface area contributed by atoms with E-state index in [9.17, 15) is 9.59 Å². The van der Waals surface area contributed by atoms with Crippen LogP contribution in [0.25, 0.3) is 0 Å². The van der Waals surface area contributed by atoms with Crippen molar-refractivity contribution in [3.05, 3.63) is 48.6 Å². The highest BCUT2D eigenvalue weighted by Crippen LogP contribution is 2.21. The molecule has 1 aromatic carbocycles. The van der Waals surface area contributed by atoms with Gasteiger partial charge in [-0.15, -0.1) is 0 Å². The molecule has 17 heavy (non-hydrogen) atoms. The number of nitrogens with zero attached hydrogens (tertiary/aromatic N) is 1. The fourth-order valence-electron chi connectivity index (χ4n) is 1.84. The molecule has 0 spiro atoms. The van der Waals surface area contributed by atoms with Crippen LogP contribution in [0.5, 0.6) is 0 Å². The van der Waals surface area contributed by atoms with Crippen LogP contribution in [0, 0.1) is 0 Å². The van der Waals surface area contributed by atoms with Gasteiger partial charge in [0, 0.05) is 6.54 Å². The highest BCUT2D eigenvalue weighted by atomic mass is 16.6. The SMILES string of the molecule is C=C[C@@H]1OC(=O)N(Cc2ccccc2)[C@@H]1C=O. The van der Waals surface area contributed by atoms with E-state index in [4.69, 9.17) is 4.74 Å². The summed E-state index contributed by atoms with van der Waals surface area (Å²) in [6, 6.07) is 8.89. The zero-order chi connectivity index (χ0) is 12.3. The maximum atomic E-state index is 11.6. The van der Waals surface area contributed by atoms with E-state index in [1.54, 1.807) is 0 Å². The molecule has 1 heterocycles. The molecule has 0 unspecified atom stereocenters. The molecule has 1 aromatic rings. The number of carbonyl (C=O) groups excluding carboxylic acids is 2. The Morgan fingerprint density at radius 2 is 2.06 bits per heavy atom. The van der Waals surface area contributed by atoms with Gasteiger partial charge >= 0.3 is 6.09 Å². The van der Waals surface area contributed by atoms with Crippen LogP contribution in [-0.2, 0) is 16.1 Å². The monoisotopic (exact) mass is 231 g/mol. The Morgan fingerprint density at radius 1 is 1.35 bits per heavy atom. The summed E-state index contributed by atoms with van der Waals surface area (Å²) < 4.78 is 5.04. The second kappa shape index (κ2) is 4.82. The quantitative estimate of drug-likeness (QED) is 0.586. The molecule has 0 saturated carbocycles. The molecule has 1 amide bonds. The zero-order valence-corrected chi connectivity index (χ0v) is 9.28. The van der Waals surface area contributed by atoms with Crippen LogP contribution in [-0.4, -0.2) is 29.4 Å². The molecule has 0 aromatic heterocycles. The molecule has 1 aliphatic heterocycles. The number of rotatable bonds is 4. The summed E-state index contributed by atoms with van der Waals surface area (Å²) in [5.41, 5.74) is 0.959. The molecule has 2 rings (SSSR count). The molecule has 4 heteroatoms. The summed E-state index contributed by atoms with van der Waals surface area (Å²) in [5.74, 6) is 0. The van der Waals surface area contributed by atoms with Crippen molar-refractivity contribution in [2.24, 2.45) is 0 Å². The highest BCUT2D eigenvalue weighted by molar-refractivity contribution is 5.78. The molecule has 88 valence electrons. The van der Waals surface area contributed by atoms with Crippen LogP contribution < -0.4 is 0 Å². The second-order valence-corrected chi connectivity index (χ2v) is 3.82. The lowest BCUT2D eigenvalue weighted by Gasteiger charge is -2.18. The number of hydrogen-bond acceptors (Lipinski definition) is 3. The van der Waals surface area contributed by atoms with Crippen molar-refractivity contribution in [3.63, 3.8) is 0 Å². The predicted molar refractivity (Wildman–Crippen MR) is 62.3 cm³/mol. The van der Waals surface area contributed by atoms with E-state index in [1.165, 1.54) is 11.0 Å². The number of amides is 1. The average molecular weight is 231 g/mol. The van der Waals surface area contributed by atoms with Gasteiger partial charge in [-0.2, -0.15) is 0 Å². The Morgan fingerprint density at radius 3 is 2.65 bits per heavy atom. The van der Waals surface area contributed by atoms with Crippen molar-refractivity contribution in [3.8, 4) is 0 Å². The number of carbonyl (C=O) groups is 2. The lowest BCUT2D eigenvalue weighted by molar-refractivity contribution is -0.111. The molecule has 0 aliphatic carbocycles. The number of ether oxygens (including phenoxy) is 1. The van der Waals surface area contributed by atoms with Crippen molar-refractivity contribution in [1.82, 2.24) is 4.90 Å². The van der Waals surface area contributed by atoms with Crippen molar-refractivity contribution < 1.29 is 14.3 Å². The number of benzene rings is 1. The van der Waals surface area contributed by atoms with Crippen LogP contribution >= 0.6 is 0 Å². The van der Waals surface area contributed by atoms with Crippen molar-refractivity contribution in [2.45, 2.75) is 18.7 Å². The minimum atomic E-state index is -0.583. The molecule has 4 nitrogen and oxygen atoms in total. The van der Waals surface area contributed by atoms with Crippen LogP contribution in [0.2, 0.25) is 0 Å². The van der Waals surface area contributed by atoms with Gasteiger partial charge in [0.25, 0.3) is 0 Å². The molecular formula is C13H13NO3. The first-order valence-corrected chi connectivity index (χ1v) is 5.35. The first kappa shape index (κ1) is 11.4. The fraction of sp³-hybridized carbons (Fsp3) is 0.231. The van der Waals surface area contributed by atoms with Crippen LogP contribution in [0.15, 0.2) is 43.0 Å². The van der Waals surface area contributed by atoms with Gasteiger partial charge < -0.3 is 9.53 Å². The molecule has 1 aliphatic rings. The molecule has 1 fully saturated rings. The lowest BCUT2D eigenvalue weighted by atomic mass is 10.1. The Labute approximate surface area is 99.5 Å². The van der Waals surface area contributed by atoms with Crippen molar-refractivity contribution in [2.75, 3.05) is 0 Å². The number of hydrogen-bond donors (Lipinski definition) is 0. The van der Waals surface area contributed by atoms with Crippen molar-refractivity contribution in [1.29, 1.82) is 0 Å². The van der Waals surface area contributed by atoms with E-state index in [2.05, 4.69) is 6.58 Å². The molecule has 0 radical (unpaired) electrons. The van der Waals surface area contributed by atoms with E-state index in [0.29, 0.717) is 6.54 Å². The van der Waals surface area contributed by atoms with Crippen LogP contribution in [0.4, 0.5) is 4.79 Å². The van der Waals surface area contributed by atoms with Gasteiger partial charge in [-0.25, -0.2) is 4.79 Å². The molecule has 1 saturated heterocycles. The smallest absolute Gasteiger partial charge is 0.411 e. The van der Waals surface area contributed by atoms with Crippen LogP contribution in [0.3, 0.4) is 0 Å². The predicted octanol–water partition coefficient (Wildman–Crippen LogP) is 1.76. The molecule has 0 N–H and O–H groups in total. The molecule has 2 atom stereocenters. The lowest BCUT2D eigenvalue weighted by Crippen LogP contribution is -2.36. The fourth-order valence-corrected chi connectivity index (χ4v) is 1.84. The summed E-state index contributed by atoms with van der Waals surface area (Å²) in [7, 11) is 0. The summed E-state index contributed by atoms with van der Waals surface area (Å²) in [6.45, 7) is 3.92. The summed E-state index contributed by atoms with van der Waals surface area (Å²) in [4.78, 5) is 24.0. The second-order valence-electron chi connectivity index (χ2n) is 3.82. The average Bonchev–Trinajstić information content (AvgIpc) is 2.67. The molecule has 0 bridgehead atoms. The summed E-state index contributed by atoms with van der Waals surface area (Å²) in [6.07, 6.45) is 1.17. The number of cyclic esters (lactones) is 1. The van der Waals surface area contributed by atoms with Gasteiger partial charge in [-0.3, -0.25) is 4.90 Å². The third-order valence-corrected chi connectivity index (χ3v) is 2.74. The van der Waals surface area contributed by atoms with E-state index in [0.717, 1.165) is 11.8 Å². The van der Waals surface area contributed by atoms with Gasteiger partial charge in [-0.05, 0) is 11.6 Å². The first-order valence-electron chi connectivity index (χ1n) is 5.35. The van der Waals surface area contributed by atoms with Gasteiger partial charge in [0.05, 0.1) is 0 Å². The Hall–Kier alpha value is -2.10. The topological polar surface area (TPSA) is 46.6 Å². The van der Waals surface area contributed by atoms with Crippen molar-refractivity contribution >= 4 is 12.4 Å². The minimum absolute atomic E-state index is 0.368. The van der Waals surface area contributed by atoms with Gasteiger partial charge in [0.15, 0.2) is 0 Å². The maximum Gasteiger partial charge on any atom is 0.411 e. The third kappa shape index (κ3) is 2.20. The summed E-state index contributed by atoms with van der Waals surface area (Å²) >= 11 is 0. The third-order valence-electron chi connectivity index (χ3n) is 2.74. The van der Waals surface area contributed by atoms with Gasteiger partial charge in [-0.1, -0.05) is 36.9 Å². The Balaban J connectivity index is 2.17. The standard InChI is InChI=1S/C13H13NO3/c1-2-12-11(9-15)14(13(16)17-12)8-10-6-4-3-5-7-10/h2-7,9,11-12H,1,8H2/t11-,12+/m1/s1. The number of aldehydes is 1. The van der Waals surface area contributed by atoms with Crippen LogP contribution in [0.1, 0.15) is 5.56 Å². The van der Waals surface area contributed by atoms with Gasteiger partial charge in [0.1, 0.15) is 18.4 Å². The maximum absolute atomic E-state index is 11.6. The zero-order valence-electron chi connectivity index (χ0n) is 9.28. The van der Waals surface area contributed by atoms with Gasteiger partial charge in [0.2, 0.25) is 0 Å².